The van der Waals surface area contributed by atoms with Gasteiger partial charge in [0.25, 0.3) is 0 Å². The van der Waals surface area contributed by atoms with Crippen LogP contribution < -0.4 is 5.32 Å². The predicted molar refractivity (Wildman–Crippen MR) is 70.0 cm³/mol. The van der Waals surface area contributed by atoms with Crippen LogP contribution >= 0.6 is 27.3 Å². The molecule has 3 nitrogen and oxygen atoms in total. The average molecular weight is 306 g/mol. The van der Waals surface area contributed by atoms with E-state index in [9.17, 15) is 9.90 Å². The highest BCUT2D eigenvalue weighted by molar-refractivity contribution is 9.10. The van der Waals surface area contributed by atoms with Gasteiger partial charge in [0.05, 0.1) is 0 Å². The van der Waals surface area contributed by atoms with Gasteiger partial charge < -0.3 is 5.11 Å². The van der Waals surface area contributed by atoms with Crippen molar-refractivity contribution in [2.24, 2.45) is 0 Å². The number of rotatable bonds is 5. The van der Waals surface area contributed by atoms with Gasteiger partial charge in [-0.15, -0.1) is 11.3 Å². The highest BCUT2D eigenvalue weighted by atomic mass is 79.9. The lowest BCUT2D eigenvalue weighted by Crippen LogP contribution is -2.34. The molecule has 1 rings (SSSR count). The quantitative estimate of drug-likeness (QED) is 0.877. The van der Waals surface area contributed by atoms with E-state index in [1.165, 1.54) is 11.3 Å². The molecule has 2 unspecified atom stereocenters. The SMILES string of the molecule is CCC(C)NC(C(=O)O)c1cc(Br)c(C)s1. The lowest BCUT2D eigenvalue weighted by atomic mass is 10.2. The second-order valence-corrected chi connectivity index (χ2v) is 5.94. The Balaban J connectivity index is 2.89. The summed E-state index contributed by atoms with van der Waals surface area (Å²) >= 11 is 4.92. The summed E-state index contributed by atoms with van der Waals surface area (Å²) in [5.74, 6) is -0.825. The molecule has 16 heavy (non-hydrogen) atoms. The number of hydrogen-bond donors (Lipinski definition) is 2. The minimum atomic E-state index is -0.825. The van der Waals surface area contributed by atoms with Crippen LogP contribution in [0.4, 0.5) is 0 Å². The lowest BCUT2D eigenvalue weighted by molar-refractivity contribution is -0.139. The molecule has 0 aliphatic carbocycles. The van der Waals surface area contributed by atoms with E-state index in [0.29, 0.717) is 0 Å². The van der Waals surface area contributed by atoms with Gasteiger partial charge in [-0.3, -0.25) is 10.1 Å². The molecule has 0 saturated carbocycles. The fraction of sp³-hybridized carbons (Fsp3) is 0.545. The number of thiophene rings is 1. The maximum Gasteiger partial charge on any atom is 0.326 e. The van der Waals surface area contributed by atoms with Crippen molar-refractivity contribution in [2.45, 2.75) is 39.3 Å². The molecular weight excluding hydrogens is 290 g/mol. The van der Waals surface area contributed by atoms with E-state index in [4.69, 9.17) is 0 Å². The lowest BCUT2D eigenvalue weighted by Gasteiger charge is -2.17. The zero-order valence-electron chi connectivity index (χ0n) is 9.58. The van der Waals surface area contributed by atoms with Crippen LogP contribution in [0.5, 0.6) is 0 Å². The first-order valence-corrected chi connectivity index (χ1v) is 6.81. The molecule has 0 bridgehead atoms. The monoisotopic (exact) mass is 305 g/mol. The van der Waals surface area contributed by atoms with E-state index in [0.717, 1.165) is 20.6 Å². The predicted octanol–water partition coefficient (Wildman–Crippen LogP) is 3.33. The largest absolute Gasteiger partial charge is 0.480 e. The Morgan fingerprint density at radius 1 is 1.69 bits per heavy atom. The molecule has 2 atom stereocenters. The number of carboxylic acids is 1. The molecule has 0 aliphatic heterocycles. The number of aryl methyl sites for hydroxylation is 1. The number of carbonyl (C=O) groups is 1. The van der Waals surface area contributed by atoms with Gasteiger partial charge in [0.2, 0.25) is 0 Å². The molecule has 2 N–H and O–H groups in total. The van der Waals surface area contributed by atoms with Crippen molar-refractivity contribution in [2.75, 3.05) is 0 Å². The molecule has 0 aromatic carbocycles. The molecule has 90 valence electrons. The van der Waals surface area contributed by atoms with Crippen LogP contribution in [0.2, 0.25) is 0 Å². The summed E-state index contributed by atoms with van der Waals surface area (Å²) in [6.45, 7) is 6.00. The van der Waals surface area contributed by atoms with Gasteiger partial charge in [0.15, 0.2) is 0 Å². The van der Waals surface area contributed by atoms with Crippen LogP contribution in [-0.4, -0.2) is 17.1 Å². The standard InChI is InChI=1S/C11H16BrNO2S/c1-4-6(2)13-10(11(14)15)9-5-8(12)7(3)16-9/h5-6,10,13H,4H2,1-3H3,(H,14,15). The first-order valence-electron chi connectivity index (χ1n) is 5.20. The van der Waals surface area contributed by atoms with Gasteiger partial charge in [0.1, 0.15) is 6.04 Å². The summed E-state index contributed by atoms with van der Waals surface area (Å²) in [4.78, 5) is 13.1. The van der Waals surface area contributed by atoms with Crippen molar-refractivity contribution in [3.05, 3.63) is 20.3 Å². The number of halogens is 1. The first-order chi connectivity index (χ1) is 7.45. The fourth-order valence-electron chi connectivity index (χ4n) is 1.30. The topological polar surface area (TPSA) is 49.3 Å². The summed E-state index contributed by atoms with van der Waals surface area (Å²) < 4.78 is 0.977. The molecular formula is C11H16BrNO2S. The Morgan fingerprint density at radius 2 is 2.31 bits per heavy atom. The van der Waals surface area contributed by atoms with Crippen LogP contribution in [0, 0.1) is 6.92 Å². The molecule has 0 fully saturated rings. The average Bonchev–Trinajstić information content (AvgIpc) is 2.54. The minimum absolute atomic E-state index is 0.197. The summed E-state index contributed by atoms with van der Waals surface area (Å²) in [5.41, 5.74) is 0. The second-order valence-electron chi connectivity index (χ2n) is 3.80. The van der Waals surface area contributed by atoms with Crippen molar-refractivity contribution >= 4 is 33.2 Å². The zero-order chi connectivity index (χ0) is 12.3. The highest BCUT2D eigenvalue weighted by Gasteiger charge is 2.23. The van der Waals surface area contributed by atoms with Gasteiger partial charge >= 0.3 is 5.97 Å². The number of nitrogens with one attached hydrogen (secondary N) is 1. The van der Waals surface area contributed by atoms with E-state index in [1.54, 1.807) is 0 Å². The molecule has 0 radical (unpaired) electrons. The summed E-state index contributed by atoms with van der Waals surface area (Å²) in [7, 11) is 0. The van der Waals surface area contributed by atoms with Crippen LogP contribution in [0.3, 0.4) is 0 Å². The van der Waals surface area contributed by atoms with Gasteiger partial charge in [-0.2, -0.15) is 0 Å². The Kier molecular flexibility index (Phi) is 4.95. The van der Waals surface area contributed by atoms with Crippen molar-refractivity contribution in [3.63, 3.8) is 0 Å². The molecule has 0 spiro atoms. The van der Waals surface area contributed by atoms with E-state index in [1.807, 2.05) is 26.8 Å². The zero-order valence-corrected chi connectivity index (χ0v) is 12.0. The normalized spacial score (nSPS) is 14.8. The summed E-state index contributed by atoms with van der Waals surface area (Å²) in [6.07, 6.45) is 0.912. The van der Waals surface area contributed by atoms with Gasteiger partial charge in [0, 0.05) is 20.3 Å². The molecule has 1 aromatic heterocycles. The Morgan fingerprint density at radius 3 is 2.69 bits per heavy atom. The van der Waals surface area contributed by atoms with Crippen molar-refractivity contribution < 1.29 is 9.90 Å². The molecule has 1 heterocycles. The van der Waals surface area contributed by atoms with E-state index in [-0.39, 0.29) is 6.04 Å². The van der Waals surface area contributed by atoms with Crippen molar-refractivity contribution in [1.29, 1.82) is 0 Å². The Bertz CT molecular complexity index is 359. The Hall–Kier alpha value is -0.390. The molecule has 0 aliphatic rings. The first kappa shape index (κ1) is 13.7. The summed E-state index contributed by atoms with van der Waals surface area (Å²) in [5, 5.41) is 12.3. The van der Waals surface area contributed by atoms with Crippen molar-refractivity contribution in [1.82, 2.24) is 5.32 Å². The van der Waals surface area contributed by atoms with E-state index in [2.05, 4.69) is 21.2 Å². The van der Waals surface area contributed by atoms with Crippen LogP contribution in [0.25, 0.3) is 0 Å². The molecule has 0 saturated heterocycles. The van der Waals surface area contributed by atoms with Crippen molar-refractivity contribution in [3.8, 4) is 0 Å². The highest BCUT2D eigenvalue weighted by Crippen LogP contribution is 2.31. The van der Waals surface area contributed by atoms with Crippen LogP contribution in [0.15, 0.2) is 10.5 Å². The maximum absolute atomic E-state index is 11.2. The third-order valence-electron chi connectivity index (χ3n) is 2.47. The molecule has 0 amide bonds. The van der Waals surface area contributed by atoms with Crippen LogP contribution in [0.1, 0.15) is 36.1 Å². The second kappa shape index (κ2) is 5.80. The van der Waals surface area contributed by atoms with E-state index < -0.39 is 12.0 Å². The number of carboxylic acid groups (broad SMARTS) is 1. The molecule has 5 heteroatoms. The third-order valence-corrected chi connectivity index (χ3v) is 4.67. The maximum atomic E-state index is 11.2. The molecule has 1 aromatic rings. The van der Waals surface area contributed by atoms with Gasteiger partial charge in [-0.05, 0) is 42.3 Å². The smallest absolute Gasteiger partial charge is 0.326 e. The summed E-state index contributed by atoms with van der Waals surface area (Å²) in [6, 6.07) is 1.47. The van der Waals surface area contributed by atoms with Gasteiger partial charge in [-0.25, -0.2) is 0 Å². The minimum Gasteiger partial charge on any atom is -0.480 e. The fourth-order valence-corrected chi connectivity index (χ4v) is 2.92. The van der Waals surface area contributed by atoms with Crippen LogP contribution in [-0.2, 0) is 4.79 Å². The van der Waals surface area contributed by atoms with E-state index >= 15 is 0 Å². The Labute approximate surface area is 108 Å². The number of aliphatic carboxylic acids is 1. The van der Waals surface area contributed by atoms with Gasteiger partial charge in [-0.1, -0.05) is 6.92 Å². The third kappa shape index (κ3) is 3.30. The number of hydrogen-bond acceptors (Lipinski definition) is 3.